The second kappa shape index (κ2) is 7.24. The third kappa shape index (κ3) is 3.99. The van der Waals surface area contributed by atoms with Gasteiger partial charge in [0.1, 0.15) is 0 Å². The molecule has 1 aliphatic rings. The Hall–Kier alpha value is -2.13. The molecular formula is C23H29NO2. The molecule has 1 aliphatic carbocycles. The molecule has 0 saturated heterocycles. The quantitative estimate of drug-likeness (QED) is 0.779. The van der Waals surface area contributed by atoms with Crippen LogP contribution in [0.3, 0.4) is 0 Å². The smallest absolute Gasteiger partial charge is 0.335 e. The maximum Gasteiger partial charge on any atom is 0.335 e. The average molecular weight is 351 g/mol. The Balaban J connectivity index is 1.62. The molecule has 0 unspecified atom stereocenters. The Bertz CT molecular complexity index is 750. The first-order valence-electron chi connectivity index (χ1n) is 9.44. The molecule has 2 N–H and O–H groups in total. The van der Waals surface area contributed by atoms with Crippen LogP contribution in [0.1, 0.15) is 67.1 Å². The van der Waals surface area contributed by atoms with Crippen LogP contribution < -0.4 is 5.32 Å². The summed E-state index contributed by atoms with van der Waals surface area (Å²) in [4.78, 5) is 10.9. The molecule has 0 atom stereocenters. The first kappa shape index (κ1) is 18.7. The summed E-state index contributed by atoms with van der Waals surface area (Å²) in [7, 11) is 0. The van der Waals surface area contributed by atoms with Crippen LogP contribution in [0.25, 0.3) is 0 Å². The van der Waals surface area contributed by atoms with Gasteiger partial charge in [-0.3, -0.25) is 0 Å². The Morgan fingerprint density at radius 1 is 1.04 bits per heavy atom. The predicted octanol–water partition coefficient (Wildman–Crippen LogP) is 4.89. The molecule has 0 aliphatic heterocycles. The molecule has 0 bridgehead atoms. The monoisotopic (exact) mass is 351 g/mol. The zero-order valence-electron chi connectivity index (χ0n) is 16.0. The van der Waals surface area contributed by atoms with E-state index in [0.717, 1.165) is 18.7 Å². The summed E-state index contributed by atoms with van der Waals surface area (Å²) in [5.74, 6) is -0.878. The highest BCUT2D eigenvalue weighted by Crippen LogP contribution is 2.43. The number of carboxylic acids is 1. The van der Waals surface area contributed by atoms with Crippen molar-refractivity contribution in [1.82, 2.24) is 5.32 Å². The van der Waals surface area contributed by atoms with Gasteiger partial charge in [0.15, 0.2) is 0 Å². The molecule has 138 valence electrons. The molecule has 2 aromatic rings. The fourth-order valence-corrected chi connectivity index (χ4v) is 3.71. The molecule has 3 rings (SSSR count). The van der Waals surface area contributed by atoms with E-state index in [1.54, 1.807) is 12.1 Å². The van der Waals surface area contributed by atoms with Gasteiger partial charge in [0.2, 0.25) is 0 Å². The van der Waals surface area contributed by atoms with Crippen LogP contribution in [0, 0.1) is 0 Å². The second-order valence-corrected chi connectivity index (χ2v) is 8.57. The van der Waals surface area contributed by atoms with Gasteiger partial charge in [-0.1, -0.05) is 63.6 Å². The van der Waals surface area contributed by atoms with Crippen molar-refractivity contribution < 1.29 is 9.90 Å². The average Bonchev–Trinajstić information content (AvgIpc) is 2.57. The van der Waals surface area contributed by atoms with Crippen LogP contribution >= 0.6 is 0 Å². The number of hydrogen-bond acceptors (Lipinski definition) is 2. The summed E-state index contributed by atoms with van der Waals surface area (Å²) < 4.78 is 0. The van der Waals surface area contributed by atoms with E-state index in [-0.39, 0.29) is 10.8 Å². The Labute approximate surface area is 156 Å². The van der Waals surface area contributed by atoms with Gasteiger partial charge in [-0.25, -0.2) is 4.79 Å². The minimum Gasteiger partial charge on any atom is -0.478 e. The van der Waals surface area contributed by atoms with Gasteiger partial charge in [-0.15, -0.1) is 0 Å². The lowest BCUT2D eigenvalue weighted by molar-refractivity contribution is 0.0697. The molecule has 0 aromatic heterocycles. The highest BCUT2D eigenvalue weighted by atomic mass is 16.4. The Morgan fingerprint density at radius 2 is 1.65 bits per heavy atom. The molecule has 1 saturated carbocycles. The predicted molar refractivity (Wildman–Crippen MR) is 106 cm³/mol. The molecular weight excluding hydrogens is 322 g/mol. The van der Waals surface area contributed by atoms with E-state index in [4.69, 9.17) is 5.11 Å². The van der Waals surface area contributed by atoms with Crippen molar-refractivity contribution in [2.45, 2.75) is 57.4 Å². The minimum absolute atomic E-state index is 0.186. The van der Waals surface area contributed by atoms with Crippen molar-refractivity contribution in [2.24, 2.45) is 0 Å². The van der Waals surface area contributed by atoms with E-state index >= 15 is 0 Å². The number of carbonyl (C=O) groups is 1. The van der Waals surface area contributed by atoms with Crippen LogP contribution in [0.4, 0.5) is 0 Å². The van der Waals surface area contributed by atoms with Gasteiger partial charge in [0, 0.05) is 18.5 Å². The number of aromatic carboxylic acids is 1. The Morgan fingerprint density at radius 3 is 2.12 bits per heavy atom. The van der Waals surface area contributed by atoms with Crippen LogP contribution in [-0.2, 0) is 17.4 Å². The maximum atomic E-state index is 10.9. The maximum absolute atomic E-state index is 10.9. The van der Waals surface area contributed by atoms with E-state index in [1.165, 1.54) is 30.4 Å². The summed E-state index contributed by atoms with van der Waals surface area (Å²) in [5.41, 5.74) is 4.70. The topological polar surface area (TPSA) is 49.3 Å². The lowest BCUT2D eigenvalue weighted by Gasteiger charge is -2.43. The van der Waals surface area contributed by atoms with Gasteiger partial charge in [-0.2, -0.15) is 0 Å². The van der Waals surface area contributed by atoms with Crippen molar-refractivity contribution in [3.63, 3.8) is 0 Å². The summed E-state index contributed by atoms with van der Waals surface area (Å²) in [6, 6.07) is 16.3. The van der Waals surface area contributed by atoms with Crippen molar-refractivity contribution in [1.29, 1.82) is 0 Å². The highest BCUT2D eigenvalue weighted by Gasteiger charge is 2.38. The van der Waals surface area contributed by atoms with Crippen LogP contribution in [-0.4, -0.2) is 17.6 Å². The molecule has 3 nitrogen and oxygen atoms in total. The zero-order valence-corrected chi connectivity index (χ0v) is 16.0. The number of benzene rings is 2. The first-order valence-corrected chi connectivity index (χ1v) is 9.44. The van der Waals surface area contributed by atoms with Crippen molar-refractivity contribution in [3.05, 3.63) is 70.8 Å². The van der Waals surface area contributed by atoms with Crippen molar-refractivity contribution in [2.75, 3.05) is 6.54 Å². The van der Waals surface area contributed by atoms with Gasteiger partial charge in [-0.05, 0) is 47.1 Å². The van der Waals surface area contributed by atoms with E-state index in [1.807, 2.05) is 12.1 Å². The zero-order chi connectivity index (χ0) is 18.8. The van der Waals surface area contributed by atoms with E-state index in [0.29, 0.717) is 5.56 Å². The third-order valence-electron chi connectivity index (χ3n) is 5.67. The molecule has 3 heteroatoms. The van der Waals surface area contributed by atoms with E-state index in [9.17, 15) is 4.79 Å². The number of nitrogens with one attached hydrogen (secondary N) is 1. The van der Waals surface area contributed by atoms with Gasteiger partial charge in [0.05, 0.1) is 5.56 Å². The molecule has 0 radical (unpaired) electrons. The fourth-order valence-electron chi connectivity index (χ4n) is 3.71. The highest BCUT2D eigenvalue weighted by molar-refractivity contribution is 5.87. The normalized spacial score (nSPS) is 16.1. The third-order valence-corrected chi connectivity index (χ3v) is 5.67. The van der Waals surface area contributed by atoms with Gasteiger partial charge >= 0.3 is 5.97 Å². The fraction of sp³-hybridized carbons (Fsp3) is 0.435. The Kier molecular flexibility index (Phi) is 5.19. The lowest BCUT2D eigenvalue weighted by Crippen LogP contribution is -2.43. The molecule has 26 heavy (non-hydrogen) atoms. The molecule has 0 spiro atoms. The summed E-state index contributed by atoms with van der Waals surface area (Å²) in [5, 5.41) is 12.6. The molecule has 0 heterocycles. The number of rotatable bonds is 6. The summed E-state index contributed by atoms with van der Waals surface area (Å²) in [6.07, 6.45) is 3.75. The standard InChI is InChI=1S/C23H29NO2/c1-22(2,3)19-9-11-20(12-10-19)23(13-4-14-23)16-24-15-17-5-7-18(8-6-17)21(25)26/h5-12,24H,4,13-16H2,1-3H3,(H,25,26). The number of carboxylic acid groups (broad SMARTS) is 1. The van der Waals surface area contributed by atoms with Crippen LogP contribution in [0.15, 0.2) is 48.5 Å². The van der Waals surface area contributed by atoms with Gasteiger partial charge < -0.3 is 10.4 Å². The van der Waals surface area contributed by atoms with Gasteiger partial charge in [0.25, 0.3) is 0 Å². The largest absolute Gasteiger partial charge is 0.478 e. The molecule has 0 amide bonds. The molecule has 2 aromatic carbocycles. The van der Waals surface area contributed by atoms with E-state index in [2.05, 4.69) is 50.4 Å². The van der Waals surface area contributed by atoms with E-state index < -0.39 is 5.97 Å². The van der Waals surface area contributed by atoms with Crippen molar-refractivity contribution in [3.8, 4) is 0 Å². The number of hydrogen-bond donors (Lipinski definition) is 2. The summed E-state index contributed by atoms with van der Waals surface area (Å²) in [6.45, 7) is 8.47. The summed E-state index contributed by atoms with van der Waals surface area (Å²) >= 11 is 0. The lowest BCUT2D eigenvalue weighted by atomic mass is 9.64. The van der Waals surface area contributed by atoms with Crippen LogP contribution in [0.2, 0.25) is 0 Å². The van der Waals surface area contributed by atoms with Crippen LogP contribution in [0.5, 0.6) is 0 Å². The second-order valence-electron chi connectivity index (χ2n) is 8.57. The molecule has 1 fully saturated rings. The minimum atomic E-state index is -0.878. The first-order chi connectivity index (χ1) is 12.3. The SMILES string of the molecule is CC(C)(C)c1ccc(C2(CNCc3ccc(C(=O)O)cc3)CCC2)cc1. The van der Waals surface area contributed by atoms with Crippen molar-refractivity contribution >= 4 is 5.97 Å².